The lowest BCUT2D eigenvalue weighted by atomic mass is 10.4. The molecule has 1 aromatic heterocycles. The molecule has 4 N–H and O–H groups in total. The predicted octanol–water partition coefficient (Wildman–Crippen LogP) is -1.30. The Morgan fingerprint density at radius 2 is 2.45 bits per heavy atom. The Hall–Kier alpha value is -1.85. The number of carbonyl (C=O) groups excluding carboxylic acids is 1. The van der Waals surface area contributed by atoms with Gasteiger partial charge in [0.25, 0.3) is 5.91 Å². The average Bonchev–Trinajstić information content (AvgIpc) is 1.94. The second-order valence-corrected chi connectivity index (χ2v) is 1.87. The lowest BCUT2D eigenvalue weighted by Crippen LogP contribution is -2.22. The first-order valence-corrected chi connectivity index (χ1v) is 2.73. The number of hydrogen-bond donors (Lipinski definition) is 3. The van der Waals surface area contributed by atoms with Gasteiger partial charge in [0.1, 0.15) is 5.69 Å². The zero-order valence-corrected chi connectivity index (χ0v) is 5.48. The maximum Gasteiger partial charge on any atom is 0.268 e. The summed E-state index contributed by atoms with van der Waals surface area (Å²) in [6.45, 7) is 0. The van der Waals surface area contributed by atoms with Crippen molar-refractivity contribution in [1.82, 2.24) is 9.71 Å². The molecule has 1 aromatic rings. The highest BCUT2D eigenvalue weighted by Gasteiger charge is 2.01. The minimum absolute atomic E-state index is 0.0801. The zero-order chi connectivity index (χ0) is 8.43. The lowest BCUT2D eigenvalue weighted by molar-refractivity contribution is 0.0987. The van der Waals surface area contributed by atoms with E-state index >= 15 is 0 Å². The van der Waals surface area contributed by atoms with Gasteiger partial charge >= 0.3 is 0 Å². The van der Waals surface area contributed by atoms with Crippen LogP contribution >= 0.6 is 0 Å². The molecule has 1 amide bonds. The van der Waals surface area contributed by atoms with E-state index in [0.29, 0.717) is 4.73 Å². The maximum atomic E-state index is 10.4. The maximum absolute atomic E-state index is 10.4. The van der Waals surface area contributed by atoms with Gasteiger partial charge in [-0.15, -0.1) is 0 Å². The van der Waals surface area contributed by atoms with E-state index in [2.05, 4.69) is 4.98 Å². The van der Waals surface area contributed by atoms with E-state index in [1.165, 1.54) is 0 Å². The van der Waals surface area contributed by atoms with E-state index in [0.717, 1.165) is 12.4 Å². The van der Waals surface area contributed by atoms with Gasteiger partial charge in [-0.05, 0) is 0 Å². The Morgan fingerprint density at radius 1 is 1.82 bits per heavy atom. The Bertz CT molecular complexity index is 343. The monoisotopic (exact) mass is 154 g/mol. The first-order chi connectivity index (χ1) is 5.11. The molecule has 58 valence electrons. The summed E-state index contributed by atoms with van der Waals surface area (Å²) in [5, 5.41) is 15.8. The van der Waals surface area contributed by atoms with Crippen molar-refractivity contribution in [2.75, 3.05) is 0 Å². The molecule has 1 rings (SSSR count). The molecule has 0 aliphatic rings. The molecule has 0 bridgehead atoms. The Morgan fingerprint density at radius 3 is 2.91 bits per heavy atom. The second kappa shape index (κ2) is 2.41. The normalized spacial score (nSPS) is 9.45. The van der Waals surface area contributed by atoms with E-state index in [-0.39, 0.29) is 11.2 Å². The first kappa shape index (κ1) is 7.26. The first-order valence-electron chi connectivity index (χ1n) is 2.73. The van der Waals surface area contributed by atoms with Crippen molar-refractivity contribution in [2.45, 2.75) is 0 Å². The van der Waals surface area contributed by atoms with Crippen LogP contribution in [0.3, 0.4) is 0 Å². The molecule has 0 aromatic carbocycles. The van der Waals surface area contributed by atoms with E-state index in [1.54, 1.807) is 0 Å². The highest BCUT2D eigenvalue weighted by Crippen LogP contribution is 1.85. The molecule has 0 saturated carbocycles. The van der Waals surface area contributed by atoms with Crippen molar-refractivity contribution < 1.29 is 10.0 Å². The largest absolute Gasteiger partial charge is 0.427 e. The average molecular weight is 154 g/mol. The van der Waals surface area contributed by atoms with Gasteiger partial charge < -0.3 is 10.9 Å². The standard InChI is InChI=1S/C5H6N4O2/c6-4-1-8-3(5(7)10)2-9(4)11/h1-2,6,11H,(H2,7,10). The van der Waals surface area contributed by atoms with Crippen LogP contribution in [0.25, 0.3) is 0 Å². The minimum Gasteiger partial charge on any atom is -0.427 e. The molecule has 0 aliphatic heterocycles. The molecule has 0 unspecified atom stereocenters. The molecular weight excluding hydrogens is 148 g/mol. The van der Waals surface area contributed by atoms with Gasteiger partial charge in [0.2, 0.25) is 0 Å². The number of nitrogens with two attached hydrogens (primary N) is 1. The van der Waals surface area contributed by atoms with E-state index in [9.17, 15) is 4.79 Å². The summed E-state index contributed by atoms with van der Waals surface area (Å²) in [4.78, 5) is 13.9. The van der Waals surface area contributed by atoms with Crippen molar-refractivity contribution in [1.29, 1.82) is 5.41 Å². The van der Waals surface area contributed by atoms with E-state index in [4.69, 9.17) is 16.4 Å². The summed E-state index contributed by atoms with van der Waals surface area (Å²) in [6.07, 6.45) is 2.00. The van der Waals surface area contributed by atoms with Gasteiger partial charge in [-0.3, -0.25) is 10.2 Å². The summed E-state index contributed by atoms with van der Waals surface area (Å²) in [5.74, 6) is -0.743. The van der Waals surface area contributed by atoms with E-state index in [1.807, 2.05) is 0 Å². The molecule has 11 heavy (non-hydrogen) atoms. The number of carbonyl (C=O) groups is 1. The molecule has 0 atom stereocenters. The van der Waals surface area contributed by atoms with Gasteiger partial charge in [0.05, 0.1) is 12.4 Å². The van der Waals surface area contributed by atoms with Crippen LogP contribution in [-0.4, -0.2) is 20.8 Å². The fourth-order valence-electron chi connectivity index (χ4n) is 0.536. The number of aromatic nitrogens is 2. The van der Waals surface area contributed by atoms with Crippen LogP contribution in [0.2, 0.25) is 0 Å². The number of hydrogen-bond acceptors (Lipinski definition) is 4. The van der Waals surface area contributed by atoms with Crippen LogP contribution in [0.15, 0.2) is 12.4 Å². The fourth-order valence-corrected chi connectivity index (χ4v) is 0.536. The van der Waals surface area contributed by atoms with E-state index < -0.39 is 5.91 Å². The van der Waals surface area contributed by atoms with Crippen molar-refractivity contribution in [3.05, 3.63) is 23.6 Å². The van der Waals surface area contributed by atoms with Gasteiger partial charge in [0, 0.05) is 0 Å². The Kier molecular flexibility index (Phi) is 1.59. The second-order valence-electron chi connectivity index (χ2n) is 1.87. The summed E-state index contributed by atoms with van der Waals surface area (Å²) in [5.41, 5.74) is 4.55. The van der Waals surface area contributed by atoms with Crippen molar-refractivity contribution in [2.24, 2.45) is 5.73 Å². The highest BCUT2D eigenvalue weighted by atomic mass is 16.5. The van der Waals surface area contributed by atoms with Crippen LogP contribution < -0.4 is 11.2 Å². The summed E-state index contributed by atoms with van der Waals surface area (Å²) < 4.78 is 0.465. The van der Waals surface area contributed by atoms with Gasteiger partial charge in [0.15, 0.2) is 5.49 Å². The van der Waals surface area contributed by atoms with Gasteiger partial charge in [-0.1, -0.05) is 0 Å². The van der Waals surface area contributed by atoms with Crippen molar-refractivity contribution in [3.8, 4) is 0 Å². The molecule has 6 heteroatoms. The summed E-state index contributed by atoms with van der Waals surface area (Å²) >= 11 is 0. The minimum atomic E-state index is -0.743. The quantitative estimate of drug-likeness (QED) is 0.437. The van der Waals surface area contributed by atoms with Crippen molar-refractivity contribution in [3.63, 3.8) is 0 Å². The smallest absolute Gasteiger partial charge is 0.268 e. The Balaban J connectivity index is 3.26. The molecule has 0 fully saturated rings. The zero-order valence-electron chi connectivity index (χ0n) is 5.48. The molecule has 0 saturated heterocycles. The molecule has 0 radical (unpaired) electrons. The predicted molar refractivity (Wildman–Crippen MR) is 33.8 cm³/mol. The van der Waals surface area contributed by atoms with Crippen LogP contribution in [0, 0.1) is 5.41 Å². The molecule has 0 spiro atoms. The summed E-state index contributed by atoms with van der Waals surface area (Å²) in [6, 6.07) is 0. The molecule has 1 heterocycles. The van der Waals surface area contributed by atoms with Crippen LogP contribution in [0.5, 0.6) is 0 Å². The highest BCUT2D eigenvalue weighted by molar-refractivity contribution is 5.90. The fraction of sp³-hybridized carbons (Fsp3) is 0. The number of primary amides is 1. The third kappa shape index (κ3) is 1.34. The molecule has 0 aliphatic carbocycles. The number of rotatable bonds is 1. The third-order valence-electron chi connectivity index (χ3n) is 1.07. The molecule has 6 nitrogen and oxygen atoms in total. The Labute approximate surface area is 61.4 Å². The van der Waals surface area contributed by atoms with Crippen LogP contribution in [0.1, 0.15) is 10.5 Å². The number of nitrogens with one attached hydrogen (secondary N) is 1. The third-order valence-corrected chi connectivity index (χ3v) is 1.07. The topological polar surface area (TPSA) is 105 Å². The van der Waals surface area contributed by atoms with Crippen LogP contribution in [-0.2, 0) is 0 Å². The van der Waals surface area contributed by atoms with Gasteiger partial charge in [-0.2, -0.15) is 4.73 Å². The summed E-state index contributed by atoms with van der Waals surface area (Å²) in [7, 11) is 0. The SMILES string of the molecule is N=c1cnc(C(N)=O)cn1O. The number of amides is 1. The van der Waals surface area contributed by atoms with Crippen LogP contribution in [0.4, 0.5) is 0 Å². The molecular formula is C5H6N4O2. The number of nitrogens with zero attached hydrogens (tertiary/aromatic N) is 2. The van der Waals surface area contributed by atoms with Crippen molar-refractivity contribution >= 4 is 5.91 Å². The van der Waals surface area contributed by atoms with Gasteiger partial charge in [-0.25, -0.2) is 4.98 Å². The lowest BCUT2D eigenvalue weighted by Gasteiger charge is -1.97.